The molecule has 0 aromatic rings. The molecule has 174 valence electrons. The number of hydrogen-bond donors (Lipinski definition) is 0. The highest BCUT2D eigenvalue weighted by Crippen LogP contribution is 2.23. The Labute approximate surface area is 184 Å². The molecule has 0 aliphatic carbocycles. The molecule has 0 heterocycles. The molecule has 5 nitrogen and oxygen atoms in total. The Kier molecular flexibility index (Phi) is 13.4. The highest BCUT2D eigenvalue weighted by Gasteiger charge is 2.36. The zero-order chi connectivity index (χ0) is 22.7. The minimum absolute atomic E-state index is 0.0229. The number of rotatable bonds is 16. The number of hydrogen-bond acceptors (Lipinski definition) is 5. The fraction of sp³-hybridized carbons (Fsp3) is 0.952. The minimum atomic E-state index is -2.18. The average Bonchev–Trinajstić information content (AvgIpc) is 2.64. The van der Waals surface area contributed by atoms with Gasteiger partial charge in [-0.3, -0.25) is 4.79 Å². The second-order valence-electron chi connectivity index (χ2n) is 9.32. The summed E-state index contributed by atoms with van der Waals surface area (Å²) >= 11 is 0. The predicted molar refractivity (Wildman–Crippen MR) is 132 cm³/mol. The van der Waals surface area contributed by atoms with Gasteiger partial charge in [0.2, 0.25) is 0 Å². The van der Waals surface area contributed by atoms with Gasteiger partial charge >= 0.3 is 14.5 Å². The molecule has 29 heavy (non-hydrogen) atoms. The van der Waals surface area contributed by atoms with Gasteiger partial charge in [0.15, 0.2) is 0 Å². The first-order valence-electron chi connectivity index (χ1n) is 11.7. The van der Waals surface area contributed by atoms with E-state index < -0.39 is 25.1 Å². The van der Waals surface area contributed by atoms with Crippen molar-refractivity contribution < 1.29 is 18.1 Å². The summed E-state index contributed by atoms with van der Waals surface area (Å²) in [5.41, 5.74) is 0. The smallest absolute Gasteiger partial charge is 0.335 e. The third kappa shape index (κ3) is 10.7. The molecule has 0 spiro atoms. The van der Waals surface area contributed by atoms with E-state index in [9.17, 15) is 4.79 Å². The van der Waals surface area contributed by atoms with Gasteiger partial charge in [0.05, 0.1) is 6.54 Å². The van der Waals surface area contributed by atoms with Crippen LogP contribution in [0.2, 0.25) is 50.4 Å². The van der Waals surface area contributed by atoms with E-state index in [1.807, 2.05) is 6.92 Å². The van der Waals surface area contributed by atoms with Crippen LogP contribution < -0.4 is 0 Å². The van der Waals surface area contributed by atoms with E-state index >= 15 is 0 Å². The Balaban J connectivity index is 4.99. The van der Waals surface area contributed by atoms with Crippen LogP contribution in [0.5, 0.6) is 0 Å². The summed E-state index contributed by atoms with van der Waals surface area (Å²) < 4.78 is 20.9. The topological polar surface area (TPSA) is 48.0 Å². The Morgan fingerprint density at radius 2 is 1.52 bits per heavy atom. The predicted octanol–water partition coefficient (Wildman–Crippen LogP) is 5.99. The summed E-state index contributed by atoms with van der Waals surface area (Å²) in [5.74, 6) is -0.0229. The third-order valence-electron chi connectivity index (χ3n) is 6.07. The first-order chi connectivity index (χ1) is 13.4. The molecule has 0 aliphatic rings. The number of carbonyl (C=O) groups excluding carboxylic acids is 1. The monoisotopic (exact) mass is 463 g/mol. The SMILES string of the molecule is CCO[Si](C)(CCCN(CC(=O)O[Si](CC)(CC)CC)[Si](C)(C)C)OC(C)CC. The van der Waals surface area contributed by atoms with Crippen molar-refractivity contribution in [2.24, 2.45) is 0 Å². The molecule has 0 rings (SSSR count). The second kappa shape index (κ2) is 13.4. The van der Waals surface area contributed by atoms with E-state index in [4.69, 9.17) is 13.3 Å². The zero-order valence-corrected chi connectivity index (χ0v) is 24.0. The van der Waals surface area contributed by atoms with Gasteiger partial charge in [-0.05, 0) is 64.0 Å². The van der Waals surface area contributed by atoms with Crippen molar-refractivity contribution in [1.82, 2.24) is 4.57 Å². The van der Waals surface area contributed by atoms with Crippen molar-refractivity contribution in [2.45, 2.75) is 111 Å². The summed E-state index contributed by atoms with van der Waals surface area (Å²) in [6.45, 7) is 23.9. The fourth-order valence-corrected chi connectivity index (χ4v) is 10.3. The van der Waals surface area contributed by atoms with Crippen LogP contribution in [0.3, 0.4) is 0 Å². The maximum Gasteiger partial charge on any atom is 0.335 e. The Morgan fingerprint density at radius 1 is 0.966 bits per heavy atom. The molecule has 0 saturated carbocycles. The number of carbonyl (C=O) groups is 1. The summed E-state index contributed by atoms with van der Waals surface area (Å²) in [7, 11) is -5.70. The quantitative estimate of drug-likeness (QED) is 0.263. The van der Waals surface area contributed by atoms with Crippen molar-refractivity contribution in [3.63, 3.8) is 0 Å². The second-order valence-corrected chi connectivity index (χ2v) is 22.3. The summed E-state index contributed by atoms with van der Waals surface area (Å²) in [4.78, 5) is 12.8. The molecule has 0 bridgehead atoms. The van der Waals surface area contributed by atoms with Gasteiger partial charge in [0, 0.05) is 12.7 Å². The van der Waals surface area contributed by atoms with Crippen LogP contribution in [0.1, 0.15) is 54.4 Å². The van der Waals surface area contributed by atoms with Crippen molar-refractivity contribution in [3.05, 3.63) is 0 Å². The standard InChI is InChI=1S/C21H49NO4Si3/c1-11-20(6)25-28(10,24-12-2)18-16-17-22(27(7,8)9)19-21(23)26-29(13-3,14-4)15-5/h20H,11-19H2,1-10H3. The van der Waals surface area contributed by atoms with E-state index in [0.29, 0.717) is 13.2 Å². The summed E-state index contributed by atoms with van der Waals surface area (Å²) in [5, 5.41) is 0. The van der Waals surface area contributed by atoms with Gasteiger partial charge in [0.1, 0.15) is 8.24 Å². The average molecular weight is 464 g/mol. The maximum absolute atomic E-state index is 12.8. The Hall–Kier alpha value is 0.000649. The normalized spacial score (nSPS) is 16.0. The molecule has 0 radical (unpaired) electrons. The van der Waals surface area contributed by atoms with Crippen LogP contribution in [0, 0.1) is 0 Å². The van der Waals surface area contributed by atoms with Gasteiger partial charge in [-0.2, -0.15) is 0 Å². The molecule has 0 aliphatic heterocycles. The van der Waals surface area contributed by atoms with Gasteiger partial charge in [0.25, 0.3) is 8.32 Å². The first kappa shape index (κ1) is 29.0. The van der Waals surface area contributed by atoms with Crippen molar-refractivity contribution in [1.29, 1.82) is 0 Å². The van der Waals surface area contributed by atoms with Crippen LogP contribution in [0.4, 0.5) is 0 Å². The highest BCUT2D eigenvalue weighted by molar-refractivity contribution is 6.75. The molecule has 0 N–H and O–H groups in total. The molecule has 0 amide bonds. The zero-order valence-electron chi connectivity index (χ0n) is 21.0. The van der Waals surface area contributed by atoms with Crippen LogP contribution in [0.25, 0.3) is 0 Å². The van der Waals surface area contributed by atoms with Crippen LogP contribution >= 0.6 is 0 Å². The van der Waals surface area contributed by atoms with Crippen molar-refractivity contribution in [3.8, 4) is 0 Å². The molecule has 0 saturated heterocycles. The van der Waals surface area contributed by atoms with Gasteiger partial charge in [-0.25, -0.2) is 0 Å². The molecule has 0 aromatic heterocycles. The van der Waals surface area contributed by atoms with E-state index in [1.165, 1.54) is 0 Å². The highest BCUT2D eigenvalue weighted by atomic mass is 28.4. The molecule has 0 aromatic carbocycles. The van der Waals surface area contributed by atoms with Crippen molar-refractivity contribution in [2.75, 3.05) is 19.7 Å². The van der Waals surface area contributed by atoms with Crippen LogP contribution in [-0.4, -0.2) is 61.4 Å². The van der Waals surface area contributed by atoms with Crippen molar-refractivity contribution >= 4 is 31.1 Å². The summed E-state index contributed by atoms with van der Waals surface area (Å²) in [6.07, 6.45) is 2.23. The summed E-state index contributed by atoms with van der Waals surface area (Å²) in [6, 6.07) is 3.97. The maximum atomic E-state index is 12.8. The Morgan fingerprint density at radius 3 is 1.93 bits per heavy atom. The lowest BCUT2D eigenvalue weighted by Gasteiger charge is -2.36. The van der Waals surface area contributed by atoms with Gasteiger partial charge in [-0.15, -0.1) is 0 Å². The first-order valence-corrected chi connectivity index (χ1v) is 20.2. The van der Waals surface area contributed by atoms with Gasteiger partial charge in [-0.1, -0.05) is 47.3 Å². The fourth-order valence-electron chi connectivity index (χ4n) is 3.62. The molecular formula is C21H49NO4Si3. The molecule has 8 heteroatoms. The minimum Gasteiger partial charge on any atom is -0.518 e. The molecular weight excluding hydrogens is 414 g/mol. The number of nitrogens with zero attached hydrogens (tertiary/aromatic N) is 1. The van der Waals surface area contributed by atoms with E-state index in [0.717, 1.165) is 43.6 Å². The molecule has 2 unspecified atom stereocenters. The van der Waals surface area contributed by atoms with Crippen LogP contribution in [-0.2, 0) is 18.1 Å². The lowest BCUT2D eigenvalue weighted by molar-refractivity contribution is -0.135. The van der Waals surface area contributed by atoms with E-state index in [-0.39, 0.29) is 12.1 Å². The lowest BCUT2D eigenvalue weighted by Crippen LogP contribution is -2.51. The third-order valence-corrected chi connectivity index (χ3v) is 15.9. The molecule has 2 atom stereocenters. The van der Waals surface area contributed by atoms with E-state index in [1.54, 1.807) is 0 Å². The Bertz CT molecular complexity index is 461. The van der Waals surface area contributed by atoms with E-state index in [2.05, 4.69) is 65.4 Å². The largest absolute Gasteiger partial charge is 0.518 e. The molecule has 0 fully saturated rings. The lowest BCUT2D eigenvalue weighted by atomic mass is 10.3. The van der Waals surface area contributed by atoms with Crippen LogP contribution in [0.15, 0.2) is 0 Å². The van der Waals surface area contributed by atoms with Gasteiger partial charge < -0.3 is 17.8 Å².